The molecule has 0 bridgehead atoms. The molecule has 94 valence electrons. The molecular weight excluding hydrogens is 314 g/mol. The Kier molecular flexibility index (Phi) is 4.49. The smallest absolute Gasteiger partial charge is 0.311 e. The molecule has 1 aromatic carbocycles. The van der Waals surface area contributed by atoms with Gasteiger partial charge in [-0.2, -0.15) is 0 Å². The second kappa shape index (κ2) is 6.11. The zero-order valence-electron chi connectivity index (χ0n) is 9.85. The molecule has 1 heterocycles. The van der Waals surface area contributed by atoms with E-state index in [2.05, 4.69) is 20.9 Å². The topological polar surface area (TPSA) is 39.2 Å². The highest BCUT2D eigenvalue weighted by Gasteiger charge is 2.10. The molecule has 0 aliphatic heterocycles. The molecule has 0 saturated carbocycles. The Morgan fingerprint density at radius 2 is 2.22 bits per heavy atom. The maximum absolute atomic E-state index is 11.4. The summed E-state index contributed by atoms with van der Waals surface area (Å²) in [4.78, 5) is 15.8. The highest BCUT2D eigenvalue weighted by Crippen LogP contribution is 2.30. The van der Waals surface area contributed by atoms with Gasteiger partial charge >= 0.3 is 5.97 Å². The summed E-state index contributed by atoms with van der Waals surface area (Å²) in [6, 6.07) is 7.89. The Morgan fingerprint density at radius 1 is 1.44 bits per heavy atom. The first-order valence-corrected chi connectivity index (χ1v) is 7.23. The van der Waals surface area contributed by atoms with E-state index in [4.69, 9.17) is 4.74 Å². The van der Waals surface area contributed by atoms with E-state index in [-0.39, 0.29) is 12.4 Å². The fraction of sp³-hybridized carbons (Fsp3) is 0.231. The predicted molar refractivity (Wildman–Crippen MR) is 75.6 cm³/mol. The summed E-state index contributed by atoms with van der Waals surface area (Å²) in [5, 5.41) is 2.80. The fourth-order valence-electron chi connectivity index (χ4n) is 1.51. The lowest BCUT2D eigenvalue weighted by Crippen LogP contribution is -2.07. The van der Waals surface area contributed by atoms with Crippen LogP contribution in [0.2, 0.25) is 0 Å². The molecule has 1 aromatic heterocycles. The van der Waals surface area contributed by atoms with Gasteiger partial charge in [0.25, 0.3) is 0 Å². The van der Waals surface area contributed by atoms with Gasteiger partial charge in [0.05, 0.1) is 18.7 Å². The van der Waals surface area contributed by atoms with Crippen molar-refractivity contribution in [3.8, 4) is 10.6 Å². The SMILES string of the molecule is CCOC(=O)Cc1csc(-c2ccccc2Br)n1. The van der Waals surface area contributed by atoms with Crippen LogP contribution in [0.5, 0.6) is 0 Å². The van der Waals surface area contributed by atoms with E-state index in [0.717, 1.165) is 20.7 Å². The van der Waals surface area contributed by atoms with Crippen molar-refractivity contribution >= 4 is 33.2 Å². The maximum atomic E-state index is 11.4. The number of nitrogens with zero attached hydrogens (tertiary/aromatic N) is 1. The number of rotatable bonds is 4. The Hall–Kier alpha value is -1.20. The Morgan fingerprint density at radius 3 is 2.94 bits per heavy atom. The molecule has 0 amide bonds. The van der Waals surface area contributed by atoms with Crippen LogP contribution in [-0.4, -0.2) is 17.6 Å². The third-order valence-electron chi connectivity index (χ3n) is 2.29. The molecule has 0 saturated heterocycles. The van der Waals surface area contributed by atoms with Gasteiger partial charge in [0.1, 0.15) is 5.01 Å². The van der Waals surface area contributed by atoms with Crippen LogP contribution < -0.4 is 0 Å². The fourth-order valence-corrected chi connectivity index (χ4v) is 2.97. The summed E-state index contributed by atoms with van der Waals surface area (Å²) in [5.74, 6) is -0.235. The van der Waals surface area contributed by atoms with E-state index in [9.17, 15) is 4.79 Å². The van der Waals surface area contributed by atoms with Crippen LogP contribution in [-0.2, 0) is 16.0 Å². The highest BCUT2D eigenvalue weighted by molar-refractivity contribution is 9.10. The van der Waals surface area contributed by atoms with Crippen LogP contribution in [0.3, 0.4) is 0 Å². The average Bonchev–Trinajstić information content (AvgIpc) is 2.78. The van der Waals surface area contributed by atoms with Crippen molar-refractivity contribution in [2.75, 3.05) is 6.61 Å². The minimum Gasteiger partial charge on any atom is -0.466 e. The number of ether oxygens (including phenoxy) is 1. The first kappa shape index (κ1) is 13.2. The monoisotopic (exact) mass is 325 g/mol. The lowest BCUT2D eigenvalue weighted by molar-refractivity contribution is -0.142. The first-order chi connectivity index (χ1) is 8.70. The van der Waals surface area contributed by atoms with Crippen molar-refractivity contribution in [3.63, 3.8) is 0 Å². The predicted octanol–water partition coefficient (Wildman–Crippen LogP) is 3.68. The van der Waals surface area contributed by atoms with Crippen molar-refractivity contribution in [1.29, 1.82) is 0 Å². The number of hydrogen-bond donors (Lipinski definition) is 0. The minimum absolute atomic E-state index is 0.231. The number of hydrogen-bond acceptors (Lipinski definition) is 4. The molecule has 3 nitrogen and oxygen atoms in total. The quantitative estimate of drug-likeness (QED) is 0.805. The zero-order chi connectivity index (χ0) is 13.0. The van der Waals surface area contributed by atoms with E-state index in [1.807, 2.05) is 29.6 Å². The molecule has 0 unspecified atom stereocenters. The second-order valence-electron chi connectivity index (χ2n) is 3.61. The molecule has 2 aromatic rings. The number of thiazole rings is 1. The number of carbonyl (C=O) groups excluding carboxylic acids is 1. The lowest BCUT2D eigenvalue weighted by atomic mass is 10.2. The Bertz CT molecular complexity index is 553. The molecule has 0 atom stereocenters. The van der Waals surface area contributed by atoms with Gasteiger partial charge in [0.15, 0.2) is 0 Å². The molecule has 18 heavy (non-hydrogen) atoms. The van der Waals surface area contributed by atoms with Gasteiger partial charge in [-0.25, -0.2) is 4.98 Å². The standard InChI is InChI=1S/C13H12BrNO2S/c1-2-17-12(16)7-9-8-18-13(15-9)10-5-3-4-6-11(10)14/h3-6,8H,2,7H2,1H3. The van der Waals surface area contributed by atoms with E-state index in [1.165, 1.54) is 11.3 Å². The molecule has 2 rings (SSSR count). The van der Waals surface area contributed by atoms with Gasteiger partial charge in [-0.1, -0.05) is 34.1 Å². The van der Waals surface area contributed by atoms with Crippen LogP contribution in [0.15, 0.2) is 34.1 Å². The molecule has 0 fully saturated rings. The third-order valence-corrected chi connectivity index (χ3v) is 3.90. The van der Waals surface area contributed by atoms with Crippen molar-refractivity contribution in [3.05, 3.63) is 39.8 Å². The number of esters is 1. The molecule has 0 N–H and O–H groups in total. The van der Waals surface area contributed by atoms with Gasteiger partial charge in [-0.05, 0) is 13.0 Å². The van der Waals surface area contributed by atoms with Gasteiger partial charge in [0, 0.05) is 15.4 Å². The average molecular weight is 326 g/mol. The van der Waals surface area contributed by atoms with Crippen molar-refractivity contribution in [1.82, 2.24) is 4.98 Å². The minimum atomic E-state index is -0.235. The largest absolute Gasteiger partial charge is 0.466 e. The van der Waals surface area contributed by atoms with Crippen molar-refractivity contribution < 1.29 is 9.53 Å². The van der Waals surface area contributed by atoms with Gasteiger partial charge in [-0.15, -0.1) is 11.3 Å². The van der Waals surface area contributed by atoms with E-state index < -0.39 is 0 Å². The van der Waals surface area contributed by atoms with Crippen molar-refractivity contribution in [2.45, 2.75) is 13.3 Å². The first-order valence-electron chi connectivity index (χ1n) is 5.55. The molecule has 0 radical (unpaired) electrons. The molecule has 0 aliphatic carbocycles. The highest BCUT2D eigenvalue weighted by atomic mass is 79.9. The van der Waals surface area contributed by atoms with E-state index >= 15 is 0 Å². The normalized spacial score (nSPS) is 10.3. The summed E-state index contributed by atoms with van der Waals surface area (Å²) in [5.41, 5.74) is 1.79. The second-order valence-corrected chi connectivity index (χ2v) is 5.32. The molecular formula is C13H12BrNO2S. The van der Waals surface area contributed by atoms with Crippen LogP contribution in [0, 0.1) is 0 Å². The summed E-state index contributed by atoms with van der Waals surface area (Å²) in [6.45, 7) is 2.20. The zero-order valence-corrected chi connectivity index (χ0v) is 12.3. The van der Waals surface area contributed by atoms with Crippen LogP contribution in [0.25, 0.3) is 10.6 Å². The van der Waals surface area contributed by atoms with E-state index in [1.54, 1.807) is 6.92 Å². The summed E-state index contributed by atoms with van der Waals surface area (Å²) >= 11 is 5.02. The van der Waals surface area contributed by atoms with Gasteiger partial charge in [-0.3, -0.25) is 4.79 Å². The van der Waals surface area contributed by atoms with Gasteiger partial charge in [0.2, 0.25) is 0 Å². The third kappa shape index (κ3) is 3.17. The number of benzene rings is 1. The van der Waals surface area contributed by atoms with Crippen LogP contribution >= 0.6 is 27.3 Å². The van der Waals surface area contributed by atoms with Crippen LogP contribution in [0.1, 0.15) is 12.6 Å². The molecule has 0 spiro atoms. The van der Waals surface area contributed by atoms with Crippen molar-refractivity contribution in [2.24, 2.45) is 0 Å². The Balaban J connectivity index is 2.16. The number of halogens is 1. The summed E-state index contributed by atoms with van der Waals surface area (Å²) < 4.78 is 5.90. The molecule has 0 aliphatic rings. The van der Waals surface area contributed by atoms with E-state index in [0.29, 0.717) is 6.61 Å². The molecule has 5 heteroatoms. The van der Waals surface area contributed by atoms with Gasteiger partial charge < -0.3 is 4.74 Å². The van der Waals surface area contributed by atoms with Crippen LogP contribution in [0.4, 0.5) is 0 Å². The lowest BCUT2D eigenvalue weighted by Gasteiger charge is -1.99. The maximum Gasteiger partial charge on any atom is 0.311 e. The Labute approximate surface area is 118 Å². The summed E-state index contributed by atoms with van der Waals surface area (Å²) in [7, 11) is 0. The summed E-state index contributed by atoms with van der Waals surface area (Å²) in [6.07, 6.45) is 0.231. The number of carbonyl (C=O) groups is 1. The number of aromatic nitrogens is 1.